The summed E-state index contributed by atoms with van der Waals surface area (Å²) in [5.74, 6) is 0.253. The van der Waals surface area contributed by atoms with Gasteiger partial charge in [0.2, 0.25) is 0 Å². The molecule has 2 amide bonds. The first-order valence-corrected chi connectivity index (χ1v) is 7.36. The van der Waals surface area contributed by atoms with Gasteiger partial charge in [0.15, 0.2) is 0 Å². The molecular weight excluding hydrogens is 272 g/mol. The largest absolute Gasteiger partial charge is 0.508 e. The van der Waals surface area contributed by atoms with Gasteiger partial charge in [-0.1, -0.05) is 18.2 Å². The van der Waals surface area contributed by atoms with Crippen LogP contribution >= 0.6 is 11.3 Å². The van der Waals surface area contributed by atoms with Gasteiger partial charge in [0.1, 0.15) is 5.75 Å². The molecule has 0 aliphatic carbocycles. The van der Waals surface area contributed by atoms with Crippen LogP contribution in [0.3, 0.4) is 0 Å². The SMILES string of the molecule is C[C@@H](Cc1ccc(O)cc1)NC(=O)NCc1cccs1. The fraction of sp³-hybridized carbons (Fsp3) is 0.267. The zero-order valence-electron chi connectivity index (χ0n) is 11.3. The fourth-order valence-corrected chi connectivity index (χ4v) is 2.54. The predicted molar refractivity (Wildman–Crippen MR) is 81.0 cm³/mol. The van der Waals surface area contributed by atoms with Crippen molar-refractivity contribution in [2.24, 2.45) is 0 Å². The van der Waals surface area contributed by atoms with Gasteiger partial charge in [0, 0.05) is 10.9 Å². The van der Waals surface area contributed by atoms with Gasteiger partial charge < -0.3 is 15.7 Å². The Labute approximate surface area is 122 Å². The first kappa shape index (κ1) is 14.4. The molecule has 2 rings (SSSR count). The molecule has 4 nitrogen and oxygen atoms in total. The van der Waals surface area contributed by atoms with Crippen molar-refractivity contribution in [2.75, 3.05) is 0 Å². The number of amides is 2. The van der Waals surface area contributed by atoms with Crippen molar-refractivity contribution < 1.29 is 9.90 Å². The molecule has 20 heavy (non-hydrogen) atoms. The number of carbonyl (C=O) groups excluding carboxylic acids is 1. The molecule has 5 heteroatoms. The lowest BCUT2D eigenvalue weighted by molar-refractivity contribution is 0.237. The van der Waals surface area contributed by atoms with E-state index in [0.29, 0.717) is 6.54 Å². The molecule has 3 N–H and O–H groups in total. The first-order valence-electron chi connectivity index (χ1n) is 6.48. The molecule has 0 spiro atoms. The summed E-state index contributed by atoms with van der Waals surface area (Å²) in [4.78, 5) is 12.9. The Hall–Kier alpha value is -2.01. The molecule has 0 aliphatic rings. The van der Waals surface area contributed by atoms with Crippen molar-refractivity contribution in [3.05, 3.63) is 52.2 Å². The normalized spacial score (nSPS) is 11.8. The summed E-state index contributed by atoms with van der Waals surface area (Å²) in [6.07, 6.45) is 0.729. The minimum Gasteiger partial charge on any atom is -0.508 e. The molecule has 0 fully saturated rings. The van der Waals surface area contributed by atoms with E-state index in [0.717, 1.165) is 16.9 Å². The van der Waals surface area contributed by atoms with Crippen LogP contribution in [0.5, 0.6) is 5.75 Å². The smallest absolute Gasteiger partial charge is 0.315 e. The Bertz CT molecular complexity index is 538. The van der Waals surface area contributed by atoms with Crippen LogP contribution in [0, 0.1) is 0 Å². The van der Waals surface area contributed by atoms with Gasteiger partial charge in [-0.05, 0) is 42.5 Å². The maximum Gasteiger partial charge on any atom is 0.315 e. The van der Waals surface area contributed by atoms with E-state index in [1.54, 1.807) is 23.5 Å². The molecular formula is C15H18N2O2S. The Morgan fingerprint density at radius 1 is 1.30 bits per heavy atom. The van der Waals surface area contributed by atoms with Gasteiger partial charge in [0.05, 0.1) is 6.54 Å². The number of hydrogen-bond acceptors (Lipinski definition) is 3. The molecule has 1 aromatic heterocycles. The lowest BCUT2D eigenvalue weighted by Crippen LogP contribution is -2.41. The van der Waals surface area contributed by atoms with Crippen molar-refractivity contribution in [3.63, 3.8) is 0 Å². The molecule has 1 atom stereocenters. The van der Waals surface area contributed by atoms with E-state index in [4.69, 9.17) is 0 Å². The van der Waals surface area contributed by atoms with Crippen LogP contribution in [-0.4, -0.2) is 17.2 Å². The molecule has 0 saturated carbocycles. The molecule has 0 radical (unpaired) electrons. The molecule has 1 heterocycles. The maximum absolute atomic E-state index is 11.7. The van der Waals surface area contributed by atoms with Gasteiger partial charge in [-0.15, -0.1) is 11.3 Å². The number of hydrogen-bond donors (Lipinski definition) is 3. The van der Waals surface area contributed by atoms with Crippen molar-refractivity contribution in [1.82, 2.24) is 10.6 Å². The second-order valence-corrected chi connectivity index (χ2v) is 5.71. The maximum atomic E-state index is 11.7. The summed E-state index contributed by atoms with van der Waals surface area (Å²) in [6.45, 7) is 2.51. The zero-order chi connectivity index (χ0) is 14.4. The number of aromatic hydroxyl groups is 1. The van der Waals surface area contributed by atoms with E-state index < -0.39 is 0 Å². The van der Waals surface area contributed by atoms with Crippen molar-refractivity contribution in [2.45, 2.75) is 25.9 Å². The third kappa shape index (κ3) is 4.59. The summed E-state index contributed by atoms with van der Waals surface area (Å²) < 4.78 is 0. The van der Waals surface area contributed by atoms with Gasteiger partial charge in [-0.2, -0.15) is 0 Å². The minimum atomic E-state index is -0.162. The van der Waals surface area contributed by atoms with Crippen LogP contribution in [-0.2, 0) is 13.0 Å². The van der Waals surface area contributed by atoms with Gasteiger partial charge >= 0.3 is 6.03 Å². The summed E-state index contributed by atoms with van der Waals surface area (Å²) >= 11 is 1.62. The number of rotatable bonds is 5. The van der Waals surface area contributed by atoms with Crippen LogP contribution in [0.15, 0.2) is 41.8 Å². The van der Waals surface area contributed by atoms with Crippen molar-refractivity contribution in [3.8, 4) is 5.75 Å². The highest BCUT2D eigenvalue weighted by atomic mass is 32.1. The van der Waals surface area contributed by atoms with Crippen molar-refractivity contribution >= 4 is 17.4 Å². The highest BCUT2D eigenvalue weighted by Gasteiger charge is 2.08. The Balaban J connectivity index is 1.74. The van der Waals surface area contributed by atoms with E-state index >= 15 is 0 Å². The quantitative estimate of drug-likeness (QED) is 0.793. The van der Waals surface area contributed by atoms with E-state index in [1.165, 1.54) is 0 Å². The molecule has 0 saturated heterocycles. The molecule has 0 bridgehead atoms. The summed E-state index contributed by atoms with van der Waals surface area (Å²) in [5.41, 5.74) is 1.08. The number of benzene rings is 1. The predicted octanol–water partition coefficient (Wildman–Crippen LogP) is 2.88. The highest BCUT2D eigenvalue weighted by molar-refractivity contribution is 7.09. The van der Waals surface area contributed by atoms with E-state index in [-0.39, 0.29) is 17.8 Å². The van der Waals surface area contributed by atoms with E-state index in [2.05, 4.69) is 10.6 Å². The lowest BCUT2D eigenvalue weighted by Gasteiger charge is -2.14. The number of nitrogens with one attached hydrogen (secondary N) is 2. The van der Waals surface area contributed by atoms with Crippen molar-refractivity contribution in [1.29, 1.82) is 0 Å². The number of urea groups is 1. The fourth-order valence-electron chi connectivity index (χ4n) is 1.89. The average molecular weight is 290 g/mol. The molecule has 2 aromatic rings. The standard InChI is InChI=1S/C15H18N2O2S/c1-11(9-12-4-6-13(18)7-5-12)17-15(19)16-10-14-3-2-8-20-14/h2-8,11,18H,9-10H2,1H3,(H2,16,17,19)/t11-/m0/s1. The third-order valence-electron chi connectivity index (χ3n) is 2.86. The summed E-state index contributed by atoms with van der Waals surface area (Å²) in [6, 6.07) is 10.8. The Morgan fingerprint density at radius 3 is 2.70 bits per heavy atom. The third-order valence-corrected chi connectivity index (χ3v) is 3.74. The van der Waals surface area contributed by atoms with Crippen LogP contribution in [0.1, 0.15) is 17.4 Å². The Kier molecular flexibility index (Phi) is 5.01. The molecule has 106 valence electrons. The molecule has 1 aromatic carbocycles. The zero-order valence-corrected chi connectivity index (χ0v) is 12.1. The van der Waals surface area contributed by atoms with Crippen LogP contribution < -0.4 is 10.6 Å². The van der Waals surface area contributed by atoms with Gasteiger partial charge in [-0.3, -0.25) is 0 Å². The van der Waals surface area contributed by atoms with Crippen LogP contribution in [0.25, 0.3) is 0 Å². The minimum absolute atomic E-state index is 0.0304. The highest BCUT2D eigenvalue weighted by Crippen LogP contribution is 2.11. The second-order valence-electron chi connectivity index (χ2n) is 4.68. The number of carbonyl (C=O) groups is 1. The van der Waals surface area contributed by atoms with E-state index in [1.807, 2.05) is 36.6 Å². The van der Waals surface area contributed by atoms with E-state index in [9.17, 15) is 9.90 Å². The monoisotopic (exact) mass is 290 g/mol. The lowest BCUT2D eigenvalue weighted by atomic mass is 10.1. The molecule has 0 aliphatic heterocycles. The number of phenols is 1. The topological polar surface area (TPSA) is 61.4 Å². The molecule has 0 unspecified atom stereocenters. The average Bonchev–Trinajstić information content (AvgIpc) is 2.92. The van der Waals surface area contributed by atoms with Crippen LogP contribution in [0.2, 0.25) is 0 Å². The number of thiophene rings is 1. The number of phenolic OH excluding ortho intramolecular Hbond substituents is 1. The first-order chi connectivity index (χ1) is 9.63. The Morgan fingerprint density at radius 2 is 2.05 bits per heavy atom. The second kappa shape index (κ2) is 6.96. The van der Waals surface area contributed by atoms with Gasteiger partial charge in [-0.25, -0.2) is 4.79 Å². The summed E-state index contributed by atoms with van der Waals surface area (Å²) in [5, 5.41) is 16.9. The van der Waals surface area contributed by atoms with Gasteiger partial charge in [0.25, 0.3) is 0 Å². The summed E-state index contributed by atoms with van der Waals surface area (Å²) in [7, 11) is 0. The van der Waals surface area contributed by atoms with Crippen LogP contribution in [0.4, 0.5) is 4.79 Å².